The molecule has 0 bridgehead atoms. The molecule has 0 amide bonds. The van der Waals surface area contributed by atoms with Crippen LogP contribution in [0.25, 0.3) is 0 Å². The third kappa shape index (κ3) is 4.27. The van der Waals surface area contributed by atoms with E-state index in [9.17, 15) is 0 Å². The van der Waals surface area contributed by atoms with Gasteiger partial charge in [-0.25, -0.2) is 0 Å². The summed E-state index contributed by atoms with van der Waals surface area (Å²) in [6.07, 6.45) is 0.900. The summed E-state index contributed by atoms with van der Waals surface area (Å²) >= 11 is 7.67. The predicted octanol–water partition coefficient (Wildman–Crippen LogP) is 4.69. The monoisotopic (exact) mass is 291 g/mol. The van der Waals surface area contributed by atoms with Gasteiger partial charge in [0.05, 0.1) is 0 Å². The first-order valence-electron chi connectivity index (χ1n) is 6.33. The van der Waals surface area contributed by atoms with E-state index in [0.29, 0.717) is 0 Å². The van der Waals surface area contributed by atoms with Gasteiger partial charge in [-0.2, -0.15) is 0 Å². The van der Waals surface area contributed by atoms with Crippen molar-refractivity contribution in [3.8, 4) is 0 Å². The van der Waals surface area contributed by atoms with Gasteiger partial charge in [-0.05, 0) is 56.2 Å². The van der Waals surface area contributed by atoms with Crippen LogP contribution in [-0.2, 0) is 6.42 Å². The standard InChI is InChI=1S/C16H18ClNS/c1-11-3-8-16(13(9-11)10-12(2)18)19-15-6-4-14(17)5-7-15/h3-9,12H,10,18H2,1-2H3. The van der Waals surface area contributed by atoms with Gasteiger partial charge in [0.25, 0.3) is 0 Å². The molecular formula is C16H18ClNS. The van der Waals surface area contributed by atoms with Gasteiger partial charge in [-0.15, -0.1) is 0 Å². The number of hydrogen-bond donors (Lipinski definition) is 1. The number of nitrogens with two attached hydrogens (primary N) is 1. The molecule has 100 valence electrons. The SMILES string of the molecule is Cc1ccc(Sc2ccc(Cl)cc2)c(CC(C)N)c1. The highest BCUT2D eigenvalue weighted by molar-refractivity contribution is 7.99. The summed E-state index contributed by atoms with van der Waals surface area (Å²) in [5, 5.41) is 0.768. The van der Waals surface area contributed by atoms with Gasteiger partial charge in [-0.3, -0.25) is 0 Å². The number of hydrogen-bond acceptors (Lipinski definition) is 2. The lowest BCUT2D eigenvalue weighted by atomic mass is 10.1. The van der Waals surface area contributed by atoms with Crippen molar-refractivity contribution in [2.45, 2.75) is 36.1 Å². The van der Waals surface area contributed by atoms with Gasteiger partial charge in [0.15, 0.2) is 0 Å². The second kappa shape index (κ2) is 6.47. The molecule has 0 fully saturated rings. The van der Waals surface area contributed by atoms with E-state index in [4.69, 9.17) is 17.3 Å². The Morgan fingerprint density at radius 1 is 1.16 bits per heavy atom. The minimum Gasteiger partial charge on any atom is -0.328 e. The maximum absolute atomic E-state index is 5.93. The summed E-state index contributed by atoms with van der Waals surface area (Å²) in [5.74, 6) is 0. The first kappa shape index (κ1) is 14.4. The Balaban J connectivity index is 2.26. The molecule has 0 aromatic heterocycles. The Hall–Kier alpha value is -0.960. The van der Waals surface area contributed by atoms with E-state index in [1.54, 1.807) is 11.8 Å². The highest BCUT2D eigenvalue weighted by Crippen LogP contribution is 2.32. The topological polar surface area (TPSA) is 26.0 Å². The van der Waals surface area contributed by atoms with Crippen LogP contribution in [0.2, 0.25) is 5.02 Å². The van der Waals surface area contributed by atoms with Gasteiger partial charge in [0, 0.05) is 20.9 Å². The predicted molar refractivity (Wildman–Crippen MR) is 84.1 cm³/mol. The summed E-state index contributed by atoms with van der Waals surface area (Å²) in [5.41, 5.74) is 8.52. The quantitative estimate of drug-likeness (QED) is 0.884. The molecule has 1 unspecified atom stereocenters. The fourth-order valence-corrected chi connectivity index (χ4v) is 3.01. The van der Waals surface area contributed by atoms with E-state index < -0.39 is 0 Å². The van der Waals surface area contributed by atoms with Crippen molar-refractivity contribution in [2.24, 2.45) is 5.73 Å². The van der Waals surface area contributed by atoms with Crippen molar-refractivity contribution in [2.75, 3.05) is 0 Å². The van der Waals surface area contributed by atoms with Crippen molar-refractivity contribution in [3.63, 3.8) is 0 Å². The molecular weight excluding hydrogens is 274 g/mol. The molecule has 2 aromatic carbocycles. The normalized spacial score (nSPS) is 12.4. The van der Waals surface area contributed by atoms with Crippen molar-refractivity contribution in [1.82, 2.24) is 0 Å². The molecule has 0 aliphatic rings. The second-order valence-electron chi connectivity index (χ2n) is 4.85. The van der Waals surface area contributed by atoms with Crippen LogP contribution in [0, 0.1) is 6.92 Å². The zero-order valence-corrected chi connectivity index (χ0v) is 12.8. The molecule has 0 saturated carbocycles. The molecule has 19 heavy (non-hydrogen) atoms. The Bertz CT molecular complexity index is 549. The molecule has 2 N–H and O–H groups in total. The fourth-order valence-electron chi connectivity index (χ4n) is 1.94. The van der Waals surface area contributed by atoms with Crippen molar-refractivity contribution in [3.05, 3.63) is 58.6 Å². The summed E-state index contributed by atoms with van der Waals surface area (Å²) in [6.45, 7) is 4.15. The van der Waals surface area contributed by atoms with E-state index in [1.807, 2.05) is 31.2 Å². The highest BCUT2D eigenvalue weighted by Gasteiger charge is 2.07. The third-order valence-electron chi connectivity index (χ3n) is 2.80. The number of halogens is 1. The van der Waals surface area contributed by atoms with Gasteiger partial charge in [-0.1, -0.05) is 41.1 Å². The number of benzene rings is 2. The molecule has 0 heterocycles. The van der Waals surface area contributed by atoms with Gasteiger partial charge in [0.1, 0.15) is 0 Å². The first-order chi connectivity index (χ1) is 9.04. The largest absolute Gasteiger partial charge is 0.328 e. The molecule has 1 nitrogen and oxygen atoms in total. The van der Waals surface area contributed by atoms with Crippen LogP contribution in [0.5, 0.6) is 0 Å². The summed E-state index contributed by atoms with van der Waals surface area (Å²) in [4.78, 5) is 2.46. The summed E-state index contributed by atoms with van der Waals surface area (Å²) < 4.78 is 0. The Labute approximate surface area is 124 Å². The molecule has 0 spiro atoms. The van der Waals surface area contributed by atoms with Crippen molar-refractivity contribution >= 4 is 23.4 Å². The van der Waals surface area contributed by atoms with Crippen molar-refractivity contribution in [1.29, 1.82) is 0 Å². The fraction of sp³-hybridized carbons (Fsp3) is 0.250. The second-order valence-corrected chi connectivity index (χ2v) is 6.40. The Kier molecular flexibility index (Phi) is 4.92. The maximum Gasteiger partial charge on any atom is 0.0406 e. The average Bonchev–Trinajstić information content (AvgIpc) is 2.34. The van der Waals surface area contributed by atoms with Crippen LogP contribution in [0.15, 0.2) is 52.3 Å². The van der Waals surface area contributed by atoms with Crippen molar-refractivity contribution < 1.29 is 0 Å². The zero-order valence-electron chi connectivity index (χ0n) is 11.2. The van der Waals surface area contributed by atoms with Gasteiger partial charge in [0.2, 0.25) is 0 Å². The van der Waals surface area contributed by atoms with E-state index in [1.165, 1.54) is 20.9 Å². The molecule has 1 atom stereocenters. The molecule has 2 aromatic rings. The van der Waals surface area contributed by atoms with Crippen LogP contribution in [0.1, 0.15) is 18.1 Å². The van der Waals surface area contributed by atoms with Crippen LogP contribution in [0.3, 0.4) is 0 Å². The highest BCUT2D eigenvalue weighted by atomic mass is 35.5. The molecule has 0 aliphatic carbocycles. The minimum absolute atomic E-state index is 0.173. The smallest absolute Gasteiger partial charge is 0.0406 e. The molecule has 0 radical (unpaired) electrons. The molecule has 0 aliphatic heterocycles. The van der Waals surface area contributed by atoms with Crippen LogP contribution < -0.4 is 5.73 Å². The molecule has 2 rings (SSSR count). The third-order valence-corrected chi connectivity index (χ3v) is 4.18. The Morgan fingerprint density at radius 3 is 2.47 bits per heavy atom. The van der Waals surface area contributed by atoms with E-state index in [0.717, 1.165) is 11.4 Å². The first-order valence-corrected chi connectivity index (χ1v) is 7.52. The minimum atomic E-state index is 0.173. The maximum atomic E-state index is 5.93. The molecule has 3 heteroatoms. The number of rotatable bonds is 4. The Morgan fingerprint density at radius 2 is 1.84 bits per heavy atom. The summed E-state index contributed by atoms with van der Waals surface area (Å²) in [6, 6.07) is 14.6. The van der Waals surface area contributed by atoms with Crippen LogP contribution in [-0.4, -0.2) is 6.04 Å². The summed E-state index contributed by atoms with van der Waals surface area (Å²) in [7, 11) is 0. The van der Waals surface area contributed by atoms with Crippen LogP contribution in [0.4, 0.5) is 0 Å². The molecule has 0 saturated heterocycles. The lowest BCUT2D eigenvalue weighted by molar-refractivity contribution is 0.729. The van der Waals surface area contributed by atoms with E-state index >= 15 is 0 Å². The van der Waals surface area contributed by atoms with Gasteiger partial charge < -0.3 is 5.73 Å². The lowest BCUT2D eigenvalue weighted by Gasteiger charge is -2.12. The van der Waals surface area contributed by atoms with Crippen LogP contribution >= 0.6 is 23.4 Å². The number of aryl methyl sites for hydroxylation is 1. The van der Waals surface area contributed by atoms with Gasteiger partial charge >= 0.3 is 0 Å². The average molecular weight is 292 g/mol. The zero-order chi connectivity index (χ0) is 13.8. The van der Waals surface area contributed by atoms with E-state index in [-0.39, 0.29) is 6.04 Å². The van der Waals surface area contributed by atoms with E-state index in [2.05, 4.69) is 25.1 Å². The lowest BCUT2D eigenvalue weighted by Crippen LogP contribution is -2.18.